The van der Waals surface area contributed by atoms with Gasteiger partial charge >= 0.3 is 0 Å². The maximum Gasteiger partial charge on any atom is 0.255 e. The molecule has 84 valence electrons. The zero-order valence-corrected chi connectivity index (χ0v) is 9.38. The molecule has 0 atom stereocenters. The fraction of sp³-hybridized carbons (Fsp3) is 0.250. The monoisotopic (exact) mass is 230 g/mol. The lowest BCUT2D eigenvalue weighted by atomic mass is 10.3. The number of sulfonamides is 1. The van der Waals surface area contributed by atoms with Crippen molar-refractivity contribution >= 4 is 15.7 Å². The van der Waals surface area contributed by atoms with Gasteiger partial charge in [-0.3, -0.25) is 5.84 Å². The number of nitrogen functional groups attached to an aromatic ring is 1. The fourth-order valence-electron chi connectivity index (χ4n) is 1.11. The fourth-order valence-corrected chi connectivity index (χ4v) is 2.36. The normalized spacial score (nSPS) is 11.7. The van der Waals surface area contributed by atoms with Crippen LogP contribution in [0.1, 0.15) is 0 Å². The van der Waals surface area contributed by atoms with Gasteiger partial charge < -0.3 is 5.43 Å². The number of anilines is 1. The quantitative estimate of drug-likeness (QED) is 0.489. The molecule has 0 bridgehead atoms. The van der Waals surface area contributed by atoms with E-state index >= 15 is 0 Å². The van der Waals surface area contributed by atoms with Gasteiger partial charge in [-0.2, -0.15) is 0 Å². The summed E-state index contributed by atoms with van der Waals surface area (Å²) < 4.78 is 23.5. The Hall–Kier alpha value is -1.15. The first-order chi connectivity index (χ1) is 6.97. The number of benzene rings is 1. The molecule has 0 heterocycles. The van der Waals surface area contributed by atoms with Gasteiger partial charge in [0, 0.05) is 14.1 Å². The number of hydrogen-bond acceptors (Lipinski definition) is 5. The van der Waals surface area contributed by atoms with Gasteiger partial charge in [0.05, 0.1) is 5.69 Å². The summed E-state index contributed by atoms with van der Waals surface area (Å²) in [5.41, 5.74) is 2.69. The van der Waals surface area contributed by atoms with Gasteiger partial charge in [0.2, 0.25) is 0 Å². The van der Waals surface area contributed by atoms with Crippen molar-refractivity contribution in [3.8, 4) is 0 Å². The summed E-state index contributed by atoms with van der Waals surface area (Å²) in [5.74, 6) is 5.22. The van der Waals surface area contributed by atoms with Gasteiger partial charge in [-0.1, -0.05) is 12.1 Å². The Morgan fingerprint density at radius 1 is 1.27 bits per heavy atom. The molecule has 0 fully saturated rings. The number of nitrogens with one attached hydrogen (secondary N) is 2. The third-order valence-electron chi connectivity index (χ3n) is 1.63. The minimum absolute atomic E-state index is 0.112. The molecule has 1 rings (SSSR count). The largest absolute Gasteiger partial charge is 0.323 e. The minimum atomic E-state index is -3.57. The van der Waals surface area contributed by atoms with E-state index in [9.17, 15) is 8.42 Å². The zero-order chi connectivity index (χ0) is 11.5. The second-order valence-corrected chi connectivity index (χ2v) is 4.76. The predicted molar refractivity (Wildman–Crippen MR) is 58.3 cm³/mol. The molecule has 0 aliphatic carbocycles. The molecule has 4 N–H and O–H groups in total. The molecule has 7 heteroatoms. The highest BCUT2D eigenvalue weighted by atomic mass is 32.2. The van der Waals surface area contributed by atoms with Crippen molar-refractivity contribution in [2.24, 2.45) is 5.84 Å². The molecule has 0 aromatic heterocycles. The summed E-state index contributed by atoms with van der Waals surface area (Å²) >= 11 is 0. The van der Waals surface area contributed by atoms with Crippen LogP contribution in [0.3, 0.4) is 0 Å². The average Bonchev–Trinajstić information content (AvgIpc) is 2.16. The Kier molecular flexibility index (Phi) is 3.64. The number of nitrogens with two attached hydrogens (primary N) is 1. The van der Waals surface area contributed by atoms with Crippen molar-refractivity contribution in [1.29, 1.82) is 0 Å². The van der Waals surface area contributed by atoms with Gasteiger partial charge in [0.15, 0.2) is 0 Å². The second kappa shape index (κ2) is 4.58. The molecule has 0 spiro atoms. The molecular formula is C8H14N4O2S. The SMILES string of the molecule is CN(C)NS(=O)(=O)c1ccccc1NN. The second-order valence-electron chi connectivity index (χ2n) is 3.13. The summed E-state index contributed by atoms with van der Waals surface area (Å²) in [5, 5.41) is 1.35. The maximum atomic E-state index is 11.8. The van der Waals surface area contributed by atoms with E-state index in [2.05, 4.69) is 10.3 Å². The molecule has 0 aliphatic heterocycles. The summed E-state index contributed by atoms with van der Waals surface area (Å²) in [6.45, 7) is 0. The van der Waals surface area contributed by atoms with Crippen LogP contribution in [0.15, 0.2) is 29.2 Å². The molecule has 0 saturated heterocycles. The first kappa shape index (κ1) is 11.9. The van der Waals surface area contributed by atoms with Crippen LogP contribution in [-0.4, -0.2) is 27.5 Å². The van der Waals surface area contributed by atoms with Crippen molar-refractivity contribution in [2.75, 3.05) is 19.5 Å². The van der Waals surface area contributed by atoms with Gasteiger partial charge in [-0.15, -0.1) is 4.83 Å². The average molecular weight is 230 g/mol. The van der Waals surface area contributed by atoms with Crippen molar-refractivity contribution < 1.29 is 8.42 Å². The zero-order valence-electron chi connectivity index (χ0n) is 8.56. The van der Waals surface area contributed by atoms with Crippen LogP contribution in [-0.2, 0) is 10.0 Å². The van der Waals surface area contributed by atoms with Crippen LogP contribution in [0.4, 0.5) is 5.69 Å². The van der Waals surface area contributed by atoms with E-state index < -0.39 is 10.0 Å². The first-order valence-electron chi connectivity index (χ1n) is 4.23. The first-order valence-corrected chi connectivity index (χ1v) is 5.71. The lowest BCUT2D eigenvalue weighted by Gasteiger charge is -2.14. The van der Waals surface area contributed by atoms with Crippen LogP contribution < -0.4 is 16.1 Å². The summed E-state index contributed by atoms with van der Waals surface area (Å²) in [6, 6.07) is 6.39. The Morgan fingerprint density at radius 2 is 1.87 bits per heavy atom. The van der Waals surface area contributed by atoms with Crippen LogP contribution in [0, 0.1) is 0 Å². The van der Waals surface area contributed by atoms with Crippen LogP contribution in [0.25, 0.3) is 0 Å². The molecular weight excluding hydrogens is 216 g/mol. The van der Waals surface area contributed by atoms with Gasteiger partial charge in [-0.25, -0.2) is 13.4 Å². The standard InChI is InChI=1S/C8H14N4O2S/c1-12(2)11-15(13,14)8-6-4-3-5-7(8)10-9/h3-6,10-11H,9H2,1-2H3. The van der Waals surface area contributed by atoms with Crippen molar-refractivity contribution in [1.82, 2.24) is 9.84 Å². The Bertz CT molecular complexity index is 430. The molecule has 0 unspecified atom stereocenters. The topological polar surface area (TPSA) is 87.5 Å². The maximum absolute atomic E-state index is 11.8. The Labute approximate surface area is 89.1 Å². The van der Waals surface area contributed by atoms with Gasteiger partial charge in [-0.05, 0) is 12.1 Å². The summed E-state index contributed by atoms with van der Waals surface area (Å²) in [4.78, 5) is 2.43. The lowest BCUT2D eigenvalue weighted by Crippen LogP contribution is -2.36. The molecule has 6 nitrogen and oxygen atoms in total. The van der Waals surface area contributed by atoms with Crippen LogP contribution in [0.5, 0.6) is 0 Å². The minimum Gasteiger partial charge on any atom is -0.323 e. The lowest BCUT2D eigenvalue weighted by molar-refractivity contribution is 0.364. The van der Waals surface area contributed by atoms with E-state index in [-0.39, 0.29) is 4.90 Å². The number of hydrazine groups is 2. The number of para-hydroxylation sites is 1. The number of rotatable bonds is 4. The highest BCUT2D eigenvalue weighted by molar-refractivity contribution is 7.89. The smallest absolute Gasteiger partial charge is 0.255 e. The Balaban J connectivity index is 3.15. The Morgan fingerprint density at radius 3 is 2.40 bits per heavy atom. The summed E-state index contributed by atoms with van der Waals surface area (Å²) in [7, 11) is -0.382. The third-order valence-corrected chi connectivity index (χ3v) is 3.18. The van der Waals surface area contributed by atoms with Crippen LogP contribution >= 0.6 is 0 Å². The van der Waals surface area contributed by atoms with E-state index in [4.69, 9.17) is 5.84 Å². The van der Waals surface area contributed by atoms with Crippen molar-refractivity contribution in [2.45, 2.75) is 4.90 Å². The van der Waals surface area contributed by atoms with E-state index in [1.807, 2.05) is 0 Å². The van der Waals surface area contributed by atoms with Crippen molar-refractivity contribution in [3.05, 3.63) is 24.3 Å². The molecule has 0 radical (unpaired) electrons. The highest BCUT2D eigenvalue weighted by Crippen LogP contribution is 2.19. The molecule has 0 saturated carbocycles. The summed E-state index contributed by atoms with van der Waals surface area (Å²) in [6.07, 6.45) is 0. The third kappa shape index (κ3) is 2.90. The predicted octanol–water partition coefficient (Wildman–Crippen LogP) is -0.273. The van der Waals surface area contributed by atoms with Crippen LogP contribution in [0.2, 0.25) is 0 Å². The van der Waals surface area contributed by atoms with Crippen molar-refractivity contribution in [3.63, 3.8) is 0 Å². The molecule has 1 aromatic carbocycles. The molecule has 1 aromatic rings. The van der Waals surface area contributed by atoms with E-state index in [0.29, 0.717) is 5.69 Å². The van der Waals surface area contributed by atoms with E-state index in [1.54, 1.807) is 32.3 Å². The van der Waals surface area contributed by atoms with E-state index in [0.717, 1.165) is 0 Å². The number of nitrogens with zero attached hydrogens (tertiary/aromatic N) is 1. The van der Waals surface area contributed by atoms with E-state index in [1.165, 1.54) is 11.1 Å². The van der Waals surface area contributed by atoms with Gasteiger partial charge in [0.25, 0.3) is 10.0 Å². The molecule has 15 heavy (non-hydrogen) atoms. The highest BCUT2D eigenvalue weighted by Gasteiger charge is 2.17. The number of hydrogen-bond donors (Lipinski definition) is 3. The molecule has 0 amide bonds. The van der Waals surface area contributed by atoms with Gasteiger partial charge in [0.1, 0.15) is 4.90 Å². The molecule has 0 aliphatic rings.